The van der Waals surface area contributed by atoms with E-state index >= 15 is 0 Å². The van der Waals surface area contributed by atoms with Gasteiger partial charge in [0.15, 0.2) is 0 Å². The lowest BCUT2D eigenvalue weighted by atomic mass is 10.2. The van der Waals surface area contributed by atoms with Crippen LogP contribution in [0, 0.1) is 0 Å². The van der Waals surface area contributed by atoms with Crippen molar-refractivity contribution in [1.29, 1.82) is 0 Å². The minimum Gasteiger partial charge on any atom is -0.322 e. The summed E-state index contributed by atoms with van der Waals surface area (Å²) in [6.45, 7) is 4.13. The Balaban J connectivity index is 2.39. The lowest BCUT2D eigenvalue weighted by Gasteiger charge is -2.19. The summed E-state index contributed by atoms with van der Waals surface area (Å²) >= 11 is 17.9. The second-order valence-electron chi connectivity index (χ2n) is 5.34. The van der Waals surface area contributed by atoms with Gasteiger partial charge in [-0.3, -0.25) is 4.79 Å². The number of benzene rings is 2. The molecule has 0 aliphatic rings. The van der Waals surface area contributed by atoms with E-state index in [0.29, 0.717) is 28.8 Å². The van der Waals surface area contributed by atoms with E-state index in [4.69, 9.17) is 34.8 Å². The Morgan fingerprint density at radius 1 is 1.00 bits per heavy atom. The topological polar surface area (TPSA) is 66.5 Å². The van der Waals surface area contributed by atoms with Crippen molar-refractivity contribution in [1.82, 2.24) is 4.31 Å². The molecule has 0 saturated carbocycles. The maximum Gasteiger partial charge on any atom is 0.257 e. The van der Waals surface area contributed by atoms with Gasteiger partial charge in [0.25, 0.3) is 5.91 Å². The molecule has 0 bridgehead atoms. The zero-order valence-electron chi connectivity index (χ0n) is 14.1. The number of halogens is 3. The zero-order valence-corrected chi connectivity index (χ0v) is 17.2. The number of nitrogens with one attached hydrogen (secondary N) is 1. The minimum absolute atomic E-state index is 0.000114. The molecule has 2 aromatic rings. The number of hydrogen-bond acceptors (Lipinski definition) is 3. The van der Waals surface area contributed by atoms with E-state index in [1.165, 1.54) is 40.7 Å². The Labute approximate surface area is 167 Å². The molecule has 0 aliphatic carbocycles. The normalized spacial score (nSPS) is 11.6. The largest absolute Gasteiger partial charge is 0.322 e. The van der Waals surface area contributed by atoms with Crippen molar-refractivity contribution in [2.24, 2.45) is 0 Å². The van der Waals surface area contributed by atoms with E-state index in [2.05, 4.69) is 5.32 Å². The van der Waals surface area contributed by atoms with E-state index in [0.717, 1.165) is 0 Å². The van der Waals surface area contributed by atoms with Crippen LogP contribution in [0.25, 0.3) is 0 Å². The number of anilines is 1. The molecule has 0 aromatic heterocycles. The van der Waals surface area contributed by atoms with Crippen LogP contribution in [0.5, 0.6) is 0 Å². The zero-order chi connectivity index (χ0) is 19.5. The van der Waals surface area contributed by atoms with Gasteiger partial charge in [-0.2, -0.15) is 4.31 Å². The number of carbonyl (C=O) groups is 1. The molecule has 0 saturated heterocycles. The highest BCUT2D eigenvalue weighted by atomic mass is 35.5. The average Bonchev–Trinajstić information content (AvgIpc) is 2.54. The molecular weight excluding hydrogens is 419 g/mol. The molecule has 0 radical (unpaired) electrons. The fourth-order valence-electron chi connectivity index (χ4n) is 2.38. The first-order chi connectivity index (χ1) is 12.2. The molecular formula is C17H17Cl3N2O3S. The molecule has 2 aromatic carbocycles. The van der Waals surface area contributed by atoms with Crippen LogP contribution >= 0.6 is 34.8 Å². The molecule has 0 heterocycles. The highest BCUT2D eigenvalue weighted by molar-refractivity contribution is 7.89. The number of amides is 1. The first-order valence-corrected chi connectivity index (χ1v) is 10.3. The van der Waals surface area contributed by atoms with Gasteiger partial charge in [-0.1, -0.05) is 48.7 Å². The van der Waals surface area contributed by atoms with Gasteiger partial charge in [0.05, 0.1) is 15.5 Å². The minimum atomic E-state index is -3.71. The highest BCUT2D eigenvalue weighted by Crippen LogP contribution is 2.26. The summed E-state index contributed by atoms with van der Waals surface area (Å²) in [7, 11) is -3.71. The Bertz CT molecular complexity index is 909. The molecule has 0 atom stereocenters. The van der Waals surface area contributed by atoms with Gasteiger partial charge in [0.2, 0.25) is 10.0 Å². The molecule has 1 amide bonds. The molecule has 0 fully saturated rings. The lowest BCUT2D eigenvalue weighted by molar-refractivity contribution is 0.102. The Morgan fingerprint density at radius 2 is 1.58 bits per heavy atom. The van der Waals surface area contributed by atoms with Crippen LogP contribution in [-0.4, -0.2) is 31.7 Å². The first kappa shape index (κ1) is 21.0. The summed E-state index contributed by atoms with van der Waals surface area (Å²) in [4.78, 5) is 12.6. The summed E-state index contributed by atoms with van der Waals surface area (Å²) in [5.41, 5.74) is 0.413. The third-order valence-corrected chi connectivity index (χ3v) is 6.46. The van der Waals surface area contributed by atoms with Gasteiger partial charge in [-0.25, -0.2) is 8.42 Å². The van der Waals surface area contributed by atoms with Crippen molar-refractivity contribution in [2.75, 3.05) is 18.4 Å². The van der Waals surface area contributed by atoms with Crippen molar-refractivity contribution in [3.63, 3.8) is 0 Å². The number of sulfonamides is 1. The standard InChI is InChI=1S/C17H17Cl3N2O3S/c1-3-22(4-2)26(24,25)14-5-6-16(20)15(10-14)17(23)21-13-8-11(18)7-12(19)9-13/h5-10H,3-4H2,1-2H3,(H,21,23). The van der Waals surface area contributed by atoms with E-state index in [9.17, 15) is 13.2 Å². The molecule has 0 unspecified atom stereocenters. The quantitative estimate of drug-likeness (QED) is 0.699. The van der Waals surface area contributed by atoms with Gasteiger partial charge in [-0.15, -0.1) is 0 Å². The summed E-state index contributed by atoms with van der Waals surface area (Å²) in [6.07, 6.45) is 0. The molecule has 0 aliphatic heterocycles. The van der Waals surface area contributed by atoms with Crippen LogP contribution in [0.3, 0.4) is 0 Å². The summed E-state index contributed by atoms with van der Waals surface area (Å²) in [6, 6.07) is 8.60. The van der Waals surface area contributed by atoms with Crippen molar-refractivity contribution in [3.05, 3.63) is 57.0 Å². The van der Waals surface area contributed by atoms with Crippen LogP contribution in [-0.2, 0) is 10.0 Å². The first-order valence-electron chi connectivity index (χ1n) is 7.76. The van der Waals surface area contributed by atoms with Crippen LogP contribution < -0.4 is 5.32 Å². The molecule has 0 spiro atoms. The molecule has 9 heteroatoms. The Hall–Kier alpha value is -1.31. The summed E-state index contributed by atoms with van der Waals surface area (Å²) in [5.74, 6) is -0.565. The Kier molecular flexibility index (Phi) is 6.93. The maximum absolute atomic E-state index is 12.6. The third-order valence-electron chi connectivity index (χ3n) is 3.65. The summed E-state index contributed by atoms with van der Waals surface area (Å²) in [5, 5.41) is 3.47. The fraction of sp³-hybridized carbons (Fsp3) is 0.235. The smallest absolute Gasteiger partial charge is 0.257 e. The molecule has 140 valence electrons. The van der Waals surface area contributed by atoms with Crippen LogP contribution in [0.2, 0.25) is 15.1 Å². The number of nitrogens with zero attached hydrogens (tertiary/aromatic N) is 1. The highest BCUT2D eigenvalue weighted by Gasteiger charge is 2.24. The van der Waals surface area contributed by atoms with Crippen molar-refractivity contribution in [2.45, 2.75) is 18.7 Å². The molecule has 5 nitrogen and oxygen atoms in total. The monoisotopic (exact) mass is 434 g/mol. The van der Waals surface area contributed by atoms with E-state index in [1.807, 2.05) is 0 Å². The lowest BCUT2D eigenvalue weighted by Crippen LogP contribution is -2.30. The van der Waals surface area contributed by atoms with Crippen molar-refractivity contribution < 1.29 is 13.2 Å². The SMILES string of the molecule is CCN(CC)S(=O)(=O)c1ccc(Cl)c(C(=O)Nc2cc(Cl)cc(Cl)c2)c1. The number of hydrogen-bond donors (Lipinski definition) is 1. The second kappa shape index (κ2) is 8.59. The van der Waals surface area contributed by atoms with Gasteiger partial charge >= 0.3 is 0 Å². The fourth-order valence-corrected chi connectivity index (χ4v) is 4.59. The predicted molar refractivity (Wildman–Crippen MR) is 106 cm³/mol. The average molecular weight is 436 g/mol. The van der Waals surface area contributed by atoms with Gasteiger partial charge in [-0.05, 0) is 36.4 Å². The van der Waals surface area contributed by atoms with Crippen LogP contribution in [0.1, 0.15) is 24.2 Å². The van der Waals surface area contributed by atoms with E-state index in [-0.39, 0.29) is 15.5 Å². The van der Waals surface area contributed by atoms with Crippen molar-refractivity contribution >= 4 is 56.4 Å². The number of carbonyl (C=O) groups excluding carboxylic acids is 1. The maximum atomic E-state index is 12.6. The molecule has 2 rings (SSSR count). The van der Waals surface area contributed by atoms with Gasteiger partial charge < -0.3 is 5.32 Å². The third kappa shape index (κ3) is 4.69. The second-order valence-corrected chi connectivity index (χ2v) is 8.56. The molecule has 1 N–H and O–H groups in total. The van der Waals surface area contributed by atoms with Gasteiger partial charge in [0, 0.05) is 28.8 Å². The predicted octanol–water partition coefficient (Wildman–Crippen LogP) is 4.93. The van der Waals surface area contributed by atoms with Crippen LogP contribution in [0.15, 0.2) is 41.3 Å². The van der Waals surface area contributed by atoms with Gasteiger partial charge in [0.1, 0.15) is 0 Å². The Morgan fingerprint density at radius 3 is 2.12 bits per heavy atom. The summed E-state index contributed by atoms with van der Waals surface area (Å²) < 4.78 is 26.6. The van der Waals surface area contributed by atoms with Crippen LogP contribution in [0.4, 0.5) is 5.69 Å². The number of rotatable bonds is 6. The molecule has 26 heavy (non-hydrogen) atoms. The van der Waals surface area contributed by atoms with Crippen molar-refractivity contribution in [3.8, 4) is 0 Å². The van der Waals surface area contributed by atoms with E-state index < -0.39 is 15.9 Å². The van der Waals surface area contributed by atoms with E-state index in [1.54, 1.807) is 13.8 Å².